The molecule has 2 rings (SSSR count). The van der Waals surface area contributed by atoms with Crippen molar-refractivity contribution >= 4 is 12.0 Å². The summed E-state index contributed by atoms with van der Waals surface area (Å²) in [6, 6.07) is 0.0569. The molecule has 1 saturated heterocycles. The summed E-state index contributed by atoms with van der Waals surface area (Å²) in [5.74, 6) is -0.853. The third-order valence-corrected chi connectivity index (χ3v) is 4.48. The molecule has 1 unspecified atom stereocenters. The molecule has 0 spiro atoms. The van der Waals surface area contributed by atoms with Crippen LogP contribution < -0.4 is 5.32 Å². The minimum atomic E-state index is -0.975. The van der Waals surface area contributed by atoms with Crippen LogP contribution in [-0.4, -0.2) is 40.1 Å². The normalized spacial score (nSPS) is 27.7. The van der Waals surface area contributed by atoms with Gasteiger partial charge < -0.3 is 15.3 Å². The minimum Gasteiger partial charge on any atom is -0.479 e. The molecule has 2 N–H and O–H groups in total. The van der Waals surface area contributed by atoms with Gasteiger partial charge in [0.05, 0.1) is 0 Å². The highest BCUT2D eigenvalue weighted by atomic mass is 16.4. The highest BCUT2D eigenvalue weighted by molar-refractivity contribution is 5.87. The first-order chi connectivity index (χ1) is 9.10. The predicted octanol–water partition coefficient (Wildman–Crippen LogP) is 2.36. The van der Waals surface area contributed by atoms with Crippen molar-refractivity contribution in [2.75, 3.05) is 6.54 Å². The van der Waals surface area contributed by atoms with Crippen LogP contribution in [0.25, 0.3) is 0 Å². The van der Waals surface area contributed by atoms with Crippen molar-refractivity contribution in [1.29, 1.82) is 0 Å². The first-order valence-electron chi connectivity index (χ1n) is 7.41. The molecule has 0 aromatic rings. The Bertz CT molecular complexity index is 353. The fraction of sp³-hybridized carbons (Fsp3) is 0.857. The van der Waals surface area contributed by atoms with Crippen LogP contribution in [0.3, 0.4) is 0 Å². The largest absolute Gasteiger partial charge is 0.479 e. The van der Waals surface area contributed by atoms with E-state index in [1.807, 2.05) is 6.92 Å². The third-order valence-electron chi connectivity index (χ3n) is 4.48. The molecule has 2 aliphatic rings. The number of nitrogens with one attached hydrogen (secondary N) is 1. The molecule has 2 fully saturated rings. The van der Waals surface area contributed by atoms with Crippen LogP contribution in [0.5, 0.6) is 0 Å². The maximum Gasteiger partial charge on any atom is 0.329 e. The SMILES string of the molecule is CCCC1(C(=O)O)CCCN1C(=O)NC1CCCC1. The summed E-state index contributed by atoms with van der Waals surface area (Å²) in [6.45, 7) is 2.53. The molecule has 1 aliphatic carbocycles. The average Bonchev–Trinajstić information content (AvgIpc) is 2.99. The van der Waals surface area contributed by atoms with E-state index in [1.54, 1.807) is 4.90 Å². The molecule has 5 heteroatoms. The summed E-state index contributed by atoms with van der Waals surface area (Å²) in [5, 5.41) is 12.6. The van der Waals surface area contributed by atoms with Gasteiger partial charge in [0.15, 0.2) is 0 Å². The number of hydrogen-bond donors (Lipinski definition) is 2. The van der Waals surface area contributed by atoms with Crippen molar-refractivity contribution in [1.82, 2.24) is 10.2 Å². The van der Waals surface area contributed by atoms with Gasteiger partial charge >= 0.3 is 12.0 Å². The van der Waals surface area contributed by atoms with Crippen LogP contribution >= 0.6 is 0 Å². The Morgan fingerprint density at radius 2 is 2.00 bits per heavy atom. The molecule has 5 nitrogen and oxygen atoms in total. The molecule has 0 radical (unpaired) electrons. The molecule has 19 heavy (non-hydrogen) atoms. The van der Waals surface area contributed by atoms with Gasteiger partial charge in [-0.3, -0.25) is 0 Å². The van der Waals surface area contributed by atoms with Gasteiger partial charge in [-0.15, -0.1) is 0 Å². The van der Waals surface area contributed by atoms with Crippen LogP contribution in [0, 0.1) is 0 Å². The summed E-state index contributed by atoms with van der Waals surface area (Å²) in [4.78, 5) is 25.6. The molecular formula is C14H24N2O3. The number of aliphatic carboxylic acids is 1. The monoisotopic (exact) mass is 268 g/mol. The Morgan fingerprint density at radius 3 is 2.58 bits per heavy atom. The summed E-state index contributed by atoms with van der Waals surface area (Å²) in [5.41, 5.74) is -0.975. The molecule has 0 aromatic carbocycles. The molecule has 1 heterocycles. The second-order valence-corrected chi connectivity index (χ2v) is 5.77. The first kappa shape index (κ1) is 14.2. The summed E-state index contributed by atoms with van der Waals surface area (Å²) < 4.78 is 0. The van der Waals surface area contributed by atoms with Gasteiger partial charge in [0.1, 0.15) is 5.54 Å². The van der Waals surface area contributed by atoms with E-state index in [0.717, 1.165) is 38.5 Å². The summed E-state index contributed by atoms with van der Waals surface area (Å²) >= 11 is 0. The number of likely N-dealkylation sites (tertiary alicyclic amines) is 1. The summed E-state index contributed by atoms with van der Waals surface area (Å²) in [6.07, 6.45) is 7.04. The molecule has 2 amide bonds. The lowest BCUT2D eigenvalue weighted by Gasteiger charge is -2.35. The van der Waals surface area contributed by atoms with E-state index < -0.39 is 11.5 Å². The number of amides is 2. The Hall–Kier alpha value is -1.26. The maximum absolute atomic E-state index is 12.3. The Morgan fingerprint density at radius 1 is 1.32 bits per heavy atom. The van der Waals surface area contributed by atoms with Gasteiger partial charge in [-0.05, 0) is 32.1 Å². The Balaban J connectivity index is 2.07. The molecular weight excluding hydrogens is 244 g/mol. The van der Waals surface area contributed by atoms with Crippen LogP contribution in [0.2, 0.25) is 0 Å². The van der Waals surface area contributed by atoms with Gasteiger partial charge in [0.2, 0.25) is 0 Å². The number of carbonyl (C=O) groups is 2. The van der Waals surface area contributed by atoms with E-state index >= 15 is 0 Å². The average molecular weight is 268 g/mol. The van der Waals surface area contributed by atoms with Crippen molar-refractivity contribution in [3.8, 4) is 0 Å². The zero-order valence-electron chi connectivity index (χ0n) is 11.7. The Kier molecular flexibility index (Phi) is 4.32. The maximum atomic E-state index is 12.3. The second-order valence-electron chi connectivity index (χ2n) is 5.77. The molecule has 1 aliphatic heterocycles. The predicted molar refractivity (Wildman–Crippen MR) is 72.0 cm³/mol. The van der Waals surface area contributed by atoms with E-state index in [4.69, 9.17) is 0 Å². The number of carboxylic acid groups (broad SMARTS) is 1. The highest BCUT2D eigenvalue weighted by Gasteiger charge is 2.49. The van der Waals surface area contributed by atoms with E-state index in [-0.39, 0.29) is 12.1 Å². The number of rotatable bonds is 4. The van der Waals surface area contributed by atoms with Gasteiger partial charge in [-0.2, -0.15) is 0 Å². The molecule has 108 valence electrons. The molecule has 0 bridgehead atoms. The zero-order chi connectivity index (χ0) is 13.9. The van der Waals surface area contributed by atoms with Crippen molar-refractivity contribution in [2.24, 2.45) is 0 Å². The lowest BCUT2D eigenvalue weighted by atomic mass is 9.91. The number of urea groups is 1. The van der Waals surface area contributed by atoms with Gasteiger partial charge in [-0.1, -0.05) is 26.2 Å². The standard InChI is InChI=1S/C14H24N2O3/c1-2-8-14(12(17)18)9-5-10-16(14)13(19)15-11-6-3-4-7-11/h11H,2-10H2,1H3,(H,15,19)(H,17,18). The topological polar surface area (TPSA) is 69.6 Å². The first-order valence-corrected chi connectivity index (χ1v) is 7.41. The van der Waals surface area contributed by atoms with Crippen molar-refractivity contribution in [2.45, 2.75) is 69.9 Å². The smallest absolute Gasteiger partial charge is 0.329 e. The summed E-state index contributed by atoms with van der Waals surface area (Å²) in [7, 11) is 0. The van der Waals surface area contributed by atoms with Crippen molar-refractivity contribution in [3.05, 3.63) is 0 Å². The van der Waals surface area contributed by atoms with Gasteiger partial charge in [-0.25, -0.2) is 9.59 Å². The van der Waals surface area contributed by atoms with Gasteiger partial charge in [0, 0.05) is 12.6 Å². The minimum absolute atomic E-state index is 0.180. The van der Waals surface area contributed by atoms with E-state index in [2.05, 4.69) is 5.32 Å². The number of nitrogens with zero attached hydrogens (tertiary/aromatic N) is 1. The number of hydrogen-bond acceptors (Lipinski definition) is 2. The molecule has 0 aromatic heterocycles. The van der Waals surface area contributed by atoms with Crippen molar-refractivity contribution < 1.29 is 14.7 Å². The molecule has 1 atom stereocenters. The van der Waals surface area contributed by atoms with Crippen molar-refractivity contribution in [3.63, 3.8) is 0 Å². The lowest BCUT2D eigenvalue weighted by Crippen LogP contribution is -2.57. The Labute approximate surface area is 114 Å². The highest BCUT2D eigenvalue weighted by Crippen LogP contribution is 2.34. The second kappa shape index (κ2) is 5.80. The van der Waals surface area contributed by atoms with E-state index in [9.17, 15) is 14.7 Å². The fourth-order valence-electron chi connectivity index (χ4n) is 3.50. The third kappa shape index (κ3) is 2.69. The zero-order valence-corrected chi connectivity index (χ0v) is 11.7. The van der Waals surface area contributed by atoms with E-state index in [1.165, 1.54) is 0 Å². The van der Waals surface area contributed by atoms with Crippen LogP contribution in [0.1, 0.15) is 58.3 Å². The lowest BCUT2D eigenvalue weighted by molar-refractivity contribution is -0.148. The van der Waals surface area contributed by atoms with E-state index in [0.29, 0.717) is 19.4 Å². The number of carbonyl (C=O) groups excluding carboxylic acids is 1. The van der Waals surface area contributed by atoms with Crippen LogP contribution in [-0.2, 0) is 4.79 Å². The fourth-order valence-corrected chi connectivity index (χ4v) is 3.50. The van der Waals surface area contributed by atoms with Crippen LogP contribution in [0.15, 0.2) is 0 Å². The molecule has 1 saturated carbocycles. The van der Waals surface area contributed by atoms with Gasteiger partial charge in [0.25, 0.3) is 0 Å². The van der Waals surface area contributed by atoms with Crippen LogP contribution in [0.4, 0.5) is 4.79 Å². The number of carboxylic acids is 1. The quantitative estimate of drug-likeness (QED) is 0.822.